The lowest BCUT2D eigenvalue weighted by molar-refractivity contribution is -0.166. The van der Waals surface area contributed by atoms with Gasteiger partial charge in [0.25, 0.3) is 0 Å². The maximum absolute atomic E-state index is 12.9. The molecule has 6 nitrogen and oxygen atoms in total. The predicted octanol–water partition coefficient (Wildman–Crippen LogP) is 22.9. The molecule has 0 saturated carbocycles. The molecule has 0 N–H and O–H groups in total. The third-order valence-corrected chi connectivity index (χ3v) is 13.5. The molecule has 0 aliphatic carbocycles. The smallest absolute Gasteiger partial charge is 0.306 e. The van der Waals surface area contributed by atoms with Crippen LogP contribution in [0.2, 0.25) is 0 Å². The predicted molar refractivity (Wildman–Crippen MR) is 352 cm³/mol. The molecule has 456 valence electrons. The van der Waals surface area contributed by atoms with Gasteiger partial charge in [0, 0.05) is 19.3 Å². The molecular weight excluding hydrogens is 997 g/mol. The Morgan fingerprint density at radius 1 is 0.247 bits per heavy atom. The summed E-state index contributed by atoms with van der Waals surface area (Å²) in [6, 6.07) is 0. The first-order valence-electron chi connectivity index (χ1n) is 33.0. The van der Waals surface area contributed by atoms with Crippen molar-refractivity contribution in [3.05, 3.63) is 158 Å². The summed E-state index contributed by atoms with van der Waals surface area (Å²) in [5.41, 5.74) is 0. The van der Waals surface area contributed by atoms with E-state index in [0.29, 0.717) is 19.3 Å². The number of rotatable bonds is 58. The Balaban J connectivity index is 4.31. The van der Waals surface area contributed by atoms with Crippen LogP contribution in [-0.2, 0) is 28.6 Å². The molecule has 0 saturated heterocycles. The molecular formula is C75H120O6. The van der Waals surface area contributed by atoms with Crippen molar-refractivity contribution in [1.82, 2.24) is 0 Å². The molecule has 81 heavy (non-hydrogen) atoms. The lowest BCUT2D eigenvalue weighted by Gasteiger charge is -2.18. The van der Waals surface area contributed by atoms with E-state index in [0.717, 1.165) is 135 Å². The molecule has 1 unspecified atom stereocenters. The molecule has 0 rings (SSSR count). The number of ether oxygens (including phenoxy) is 3. The molecule has 0 heterocycles. The number of carbonyl (C=O) groups is 3. The van der Waals surface area contributed by atoms with Crippen molar-refractivity contribution in [2.24, 2.45) is 0 Å². The van der Waals surface area contributed by atoms with Gasteiger partial charge in [-0.3, -0.25) is 14.4 Å². The molecule has 0 aromatic heterocycles. The number of carbonyl (C=O) groups excluding carboxylic acids is 3. The largest absolute Gasteiger partial charge is 0.462 e. The second kappa shape index (κ2) is 67.5. The van der Waals surface area contributed by atoms with Gasteiger partial charge < -0.3 is 14.2 Å². The standard InChI is InChI=1S/C75H120O6/c1-4-7-10-13-16-19-22-25-27-29-31-32-33-34-35-36-37-38-39-40-41-42-44-45-47-50-53-56-59-62-65-68-74(77)80-71-72(70-79-73(76)67-64-61-58-55-52-49-24-21-18-15-12-9-6-3)81-75(78)69-66-63-60-57-54-51-48-46-43-30-28-26-23-20-17-14-11-8-5-2/h7-12,16-21,25-28,31-32,34-35,43,46,49,52,58,61,72H,4-6,13-15,22-24,29-30,33,36-42,44-45,47-48,50-51,53-57,59-60,62-71H2,1-3H3/b10-7-,11-8-,12-9-,19-16-,20-17-,21-18-,27-25-,28-26-,32-31-,35-34-,46-43-,52-49-,61-58-. The Hall–Kier alpha value is -4.97. The van der Waals surface area contributed by atoms with Crippen LogP contribution in [0.1, 0.15) is 278 Å². The topological polar surface area (TPSA) is 78.9 Å². The van der Waals surface area contributed by atoms with Gasteiger partial charge in [-0.2, -0.15) is 0 Å². The molecule has 0 aliphatic heterocycles. The highest BCUT2D eigenvalue weighted by molar-refractivity contribution is 5.71. The lowest BCUT2D eigenvalue weighted by Crippen LogP contribution is -2.30. The lowest BCUT2D eigenvalue weighted by atomic mass is 10.0. The average Bonchev–Trinajstić information content (AvgIpc) is 3.46. The van der Waals surface area contributed by atoms with Crippen LogP contribution >= 0.6 is 0 Å². The Morgan fingerprint density at radius 2 is 0.469 bits per heavy atom. The zero-order valence-corrected chi connectivity index (χ0v) is 52.2. The number of esters is 3. The molecule has 6 heteroatoms. The summed E-state index contributed by atoms with van der Waals surface area (Å²) in [6.45, 7) is 6.23. The Labute approximate surface area is 499 Å². The molecule has 0 radical (unpaired) electrons. The molecule has 0 aromatic carbocycles. The first-order valence-corrected chi connectivity index (χ1v) is 33.0. The maximum Gasteiger partial charge on any atom is 0.306 e. The van der Waals surface area contributed by atoms with Crippen LogP contribution in [0.5, 0.6) is 0 Å². The molecule has 0 aliphatic rings. The number of hydrogen-bond acceptors (Lipinski definition) is 6. The van der Waals surface area contributed by atoms with Crippen LogP contribution < -0.4 is 0 Å². The Bertz CT molecular complexity index is 1810. The summed E-state index contributed by atoms with van der Waals surface area (Å²) < 4.78 is 16.8. The Morgan fingerprint density at radius 3 is 0.765 bits per heavy atom. The van der Waals surface area contributed by atoms with E-state index in [9.17, 15) is 14.4 Å². The summed E-state index contributed by atoms with van der Waals surface area (Å²) in [5.74, 6) is -1.01. The molecule has 0 spiro atoms. The monoisotopic (exact) mass is 1120 g/mol. The first kappa shape index (κ1) is 76.0. The normalized spacial score (nSPS) is 13.2. The van der Waals surface area contributed by atoms with Crippen molar-refractivity contribution in [3.8, 4) is 0 Å². The van der Waals surface area contributed by atoms with E-state index >= 15 is 0 Å². The number of allylic oxidation sites excluding steroid dienone is 26. The third-order valence-electron chi connectivity index (χ3n) is 13.5. The summed E-state index contributed by atoms with van der Waals surface area (Å²) in [6.07, 6.45) is 98.5. The fraction of sp³-hybridized carbons (Fsp3) is 0.613. The third kappa shape index (κ3) is 65.7. The van der Waals surface area contributed by atoms with Crippen LogP contribution in [-0.4, -0.2) is 37.2 Å². The van der Waals surface area contributed by atoms with Crippen molar-refractivity contribution < 1.29 is 28.6 Å². The molecule has 1 atom stereocenters. The molecule has 0 amide bonds. The summed E-state index contributed by atoms with van der Waals surface area (Å²) in [5, 5.41) is 0. The van der Waals surface area contributed by atoms with E-state index in [-0.39, 0.29) is 37.5 Å². The van der Waals surface area contributed by atoms with E-state index in [1.54, 1.807) is 0 Å². The number of hydrogen-bond donors (Lipinski definition) is 0. The highest BCUT2D eigenvalue weighted by atomic mass is 16.6. The van der Waals surface area contributed by atoms with E-state index in [1.165, 1.54) is 96.3 Å². The molecule has 0 bridgehead atoms. The minimum Gasteiger partial charge on any atom is -0.462 e. The fourth-order valence-corrected chi connectivity index (χ4v) is 8.71. The van der Waals surface area contributed by atoms with Crippen molar-refractivity contribution in [3.63, 3.8) is 0 Å². The molecule has 0 aromatic rings. The number of unbranched alkanes of at least 4 members (excludes halogenated alkanes) is 21. The van der Waals surface area contributed by atoms with Gasteiger partial charge in [0.15, 0.2) is 6.10 Å². The van der Waals surface area contributed by atoms with Crippen molar-refractivity contribution in [2.45, 2.75) is 284 Å². The van der Waals surface area contributed by atoms with Gasteiger partial charge in [0.2, 0.25) is 0 Å². The first-order chi connectivity index (χ1) is 40.0. The van der Waals surface area contributed by atoms with Crippen LogP contribution in [0, 0.1) is 0 Å². The molecule has 0 fully saturated rings. The minimum atomic E-state index is -0.822. The Kier molecular flexibility index (Phi) is 63.4. The van der Waals surface area contributed by atoms with Crippen molar-refractivity contribution >= 4 is 17.9 Å². The van der Waals surface area contributed by atoms with Crippen LogP contribution in [0.25, 0.3) is 0 Å². The fourth-order valence-electron chi connectivity index (χ4n) is 8.71. The van der Waals surface area contributed by atoms with Gasteiger partial charge in [-0.05, 0) is 128 Å². The second-order valence-electron chi connectivity index (χ2n) is 21.2. The zero-order chi connectivity index (χ0) is 58.5. The van der Waals surface area contributed by atoms with Crippen LogP contribution in [0.3, 0.4) is 0 Å². The van der Waals surface area contributed by atoms with Gasteiger partial charge in [-0.25, -0.2) is 0 Å². The van der Waals surface area contributed by atoms with E-state index in [2.05, 4.69) is 173 Å². The van der Waals surface area contributed by atoms with Gasteiger partial charge in [0.1, 0.15) is 13.2 Å². The SMILES string of the molecule is CC/C=C\C/C=C\C/C=C\C/C=C\C/C=C\CCCCCCCCCCCCCCCCCC(=O)OCC(COC(=O)CC/C=C\C/C=C\C/C=C\C/C=C\CC)OC(=O)CCCCCCCC/C=C\C/C=C\C/C=C\C/C=C\CC. The maximum atomic E-state index is 12.9. The van der Waals surface area contributed by atoms with Crippen LogP contribution in [0.4, 0.5) is 0 Å². The summed E-state index contributed by atoms with van der Waals surface area (Å²) >= 11 is 0. The van der Waals surface area contributed by atoms with Gasteiger partial charge >= 0.3 is 17.9 Å². The minimum absolute atomic E-state index is 0.111. The van der Waals surface area contributed by atoms with Gasteiger partial charge in [-0.1, -0.05) is 288 Å². The van der Waals surface area contributed by atoms with E-state index in [4.69, 9.17) is 14.2 Å². The van der Waals surface area contributed by atoms with Gasteiger partial charge in [-0.15, -0.1) is 0 Å². The zero-order valence-electron chi connectivity index (χ0n) is 52.2. The van der Waals surface area contributed by atoms with Crippen molar-refractivity contribution in [2.75, 3.05) is 13.2 Å². The highest BCUT2D eigenvalue weighted by Gasteiger charge is 2.19. The summed E-state index contributed by atoms with van der Waals surface area (Å²) in [7, 11) is 0. The van der Waals surface area contributed by atoms with Crippen molar-refractivity contribution in [1.29, 1.82) is 0 Å². The quantitative estimate of drug-likeness (QED) is 0.0261. The van der Waals surface area contributed by atoms with E-state index < -0.39 is 6.10 Å². The second-order valence-corrected chi connectivity index (χ2v) is 21.2. The average molecular weight is 1120 g/mol. The summed E-state index contributed by atoms with van der Waals surface area (Å²) in [4.78, 5) is 38.3. The van der Waals surface area contributed by atoms with E-state index in [1.807, 2.05) is 6.08 Å². The van der Waals surface area contributed by atoms with Gasteiger partial charge in [0.05, 0.1) is 0 Å². The highest BCUT2D eigenvalue weighted by Crippen LogP contribution is 2.16. The van der Waals surface area contributed by atoms with Crippen LogP contribution in [0.15, 0.2) is 158 Å².